The van der Waals surface area contributed by atoms with Gasteiger partial charge in [0.1, 0.15) is 12.4 Å². The molecule has 1 aliphatic rings. The summed E-state index contributed by atoms with van der Waals surface area (Å²) in [5.74, 6) is -1.60. The van der Waals surface area contributed by atoms with Crippen molar-refractivity contribution in [3.63, 3.8) is 0 Å². The standard InChI is InChI=1S/C42H77O11P/c1-3-5-7-8-9-10-11-12-13-14-15-16-17-18-19-25-29-42(47)53-36(34-52-54(48,49)50)33-51-41(46)28-24-21-20-23-27-37-38(40(45)32-39(37)44)31-30-35(43)26-22-6-4-2/h30-31,35-39,43-44H,3-29,32-34H2,1-2H3,(H2,48,49,50)/b31-30+/t35-,36+,37+,38+,39-/m0/s1. The maximum absolute atomic E-state index is 12.5. The van der Waals surface area contributed by atoms with Crippen molar-refractivity contribution in [2.24, 2.45) is 11.8 Å². The van der Waals surface area contributed by atoms with E-state index in [0.29, 0.717) is 25.7 Å². The van der Waals surface area contributed by atoms with Gasteiger partial charge in [-0.2, -0.15) is 0 Å². The number of unbranched alkanes of at least 4 members (excludes halogenated alkanes) is 20. The Morgan fingerprint density at radius 1 is 0.722 bits per heavy atom. The van der Waals surface area contributed by atoms with Crippen LogP contribution in [-0.4, -0.2) is 69.2 Å². The fourth-order valence-electron chi connectivity index (χ4n) is 7.16. The molecule has 1 aliphatic carbocycles. The van der Waals surface area contributed by atoms with Gasteiger partial charge in [-0.3, -0.25) is 18.9 Å². The number of allylic oxidation sites excluding steroid dienone is 1. The molecule has 1 rings (SSSR count). The normalized spacial score (nSPS) is 18.7. The lowest BCUT2D eigenvalue weighted by Crippen LogP contribution is -2.29. The van der Waals surface area contributed by atoms with Crippen LogP contribution in [0.5, 0.6) is 0 Å². The molecule has 5 atom stereocenters. The van der Waals surface area contributed by atoms with Gasteiger partial charge in [0.15, 0.2) is 6.10 Å². The zero-order valence-corrected chi connectivity index (χ0v) is 34.7. The number of carbonyl (C=O) groups excluding carboxylic acids is 3. The van der Waals surface area contributed by atoms with Gasteiger partial charge in [0, 0.05) is 25.2 Å². The van der Waals surface area contributed by atoms with Crippen LogP contribution in [0.15, 0.2) is 12.2 Å². The number of hydrogen-bond acceptors (Lipinski definition) is 9. The molecule has 0 spiro atoms. The van der Waals surface area contributed by atoms with Crippen LogP contribution in [0.1, 0.15) is 194 Å². The highest BCUT2D eigenvalue weighted by Crippen LogP contribution is 2.36. The first-order valence-electron chi connectivity index (χ1n) is 21.6. The molecule has 0 aromatic heterocycles. The van der Waals surface area contributed by atoms with Gasteiger partial charge in [0.2, 0.25) is 0 Å². The molecule has 11 nitrogen and oxygen atoms in total. The van der Waals surface area contributed by atoms with Gasteiger partial charge >= 0.3 is 19.8 Å². The lowest BCUT2D eigenvalue weighted by Gasteiger charge is -2.19. The van der Waals surface area contributed by atoms with Crippen molar-refractivity contribution in [2.45, 2.75) is 212 Å². The van der Waals surface area contributed by atoms with Gasteiger partial charge < -0.3 is 29.5 Å². The lowest BCUT2D eigenvalue weighted by molar-refractivity contribution is -0.161. The van der Waals surface area contributed by atoms with Crippen molar-refractivity contribution < 1.29 is 52.9 Å². The van der Waals surface area contributed by atoms with E-state index in [1.54, 1.807) is 12.2 Å². The largest absolute Gasteiger partial charge is 0.469 e. The van der Waals surface area contributed by atoms with E-state index >= 15 is 0 Å². The summed E-state index contributed by atoms with van der Waals surface area (Å²) in [6, 6.07) is 0. The Labute approximate surface area is 327 Å². The minimum atomic E-state index is -4.81. The molecule has 0 bridgehead atoms. The quantitative estimate of drug-likeness (QED) is 0.0206. The number of rotatable bonds is 36. The Bertz CT molecular complexity index is 1050. The van der Waals surface area contributed by atoms with E-state index in [0.717, 1.165) is 57.8 Å². The number of phosphoric acid groups is 1. The molecule has 1 fully saturated rings. The Morgan fingerprint density at radius 2 is 1.20 bits per heavy atom. The molecule has 12 heteroatoms. The molecule has 0 aromatic rings. The highest BCUT2D eigenvalue weighted by Gasteiger charge is 2.39. The molecule has 0 aliphatic heterocycles. The van der Waals surface area contributed by atoms with Crippen LogP contribution in [0.2, 0.25) is 0 Å². The molecule has 0 unspecified atom stereocenters. The second-order valence-corrected chi connectivity index (χ2v) is 16.7. The van der Waals surface area contributed by atoms with Crippen molar-refractivity contribution in [1.82, 2.24) is 0 Å². The van der Waals surface area contributed by atoms with Gasteiger partial charge in [-0.1, -0.05) is 161 Å². The summed E-state index contributed by atoms with van der Waals surface area (Å²) in [4.78, 5) is 55.5. The van der Waals surface area contributed by atoms with Gasteiger partial charge in [-0.05, 0) is 31.6 Å². The Balaban J connectivity index is 2.23. The first-order chi connectivity index (χ1) is 26.0. The van der Waals surface area contributed by atoms with E-state index in [2.05, 4.69) is 18.4 Å². The average molecular weight is 789 g/mol. The zero-order valence-electron chi connectivity index (χ0n) is 33.8. The third-order valence-electron chi connectivity index (χ3n) is 10.4. The predicted octanol–water partition coefficient (Wildman–Crippen LogP) is 9.61. The average Bonchev–Trinajstić information content (AvgIpc) is 3.40. The Kier molecular flexibility index (Phi) is 30.3. The van der Waals surface area contributed by atoms with E-state index in [-0.39, 0.29) is 43.5 Å². The molecular weight excluding hydrogens is 711 g/mol. The zero-order chi connectivity index (χ0) is 39.9. The van der Waals surface area contributed by atoms with E-state index in [4.69, 9.17) is 19.3 Å². The minimum Gasteiger partial charge on any atom is -0.462 e. The summed E-state index contributed by atoms with van der Waals surface area (Å²) in [6.07, 6.45) is 28.4. The van der Waals surface area contributed by atoms with Crippen LogP contribution in [0.3, 0.4) is 0 Å². The number of aliphatic hydroxyl groups is 2. The minimum absolute atomic E-state index is 0.00245. The molecule has 0 saturated heterocycles. The summed E-state index contributed by atoms with van der Waals surface area (Å²) in [6.45, 7) is 3.40. The predicted molar refractivity (Wildman–Crippen MR) is 213 cm³/mol. The van der Waals surface area contributed by atoms with Crippen molar-refractivity contribution >= 4 is 25.5 Å². The molecule has 0 amide bonds. The van der Waals surface area contributed by atoms with Gasteiger partial charge in [-0.15, -0.1) is 0 Å². The van der Waals surface area contributed by atoms with Crippen LogP contribution < -0.4 is 0 Å². The van der Waals surface area contributed by atoms with E-state index in [1.807, 2.05) is 0 Å². The number of ketones is 1. The van der Waals surface area contributed by atoms with E-state index in [1.165, 1.54) is 77.0 Å². The number of esters is 2. The van der Waals surface area contributed by atoms with Crippen LogP contribution in [0.4, 0.5) is 0 Å². The van der Waals surface area contributed by atoms with Gasteiger partial charge in [-0.25, -0.2) is 4.57 Å². The van der Waals surface area contributed by atoms with Gasteiger partial charge in [0.25, 0.3) is 0 Å². The fourth-order valence-corrected chi connectivity index (χ4v) is 7.52. The number of phosphoric ester groups is 1. The van der Waals surface area contributed by atoms with Crippen LogP contribution in [-0.2, 0) is 32.9 Å². The molecule has 0 aromatic carbocycles. The highest BCUT2D eigenvalue weighted by molar-refractivity contribution is 7.46. The van der Waals surface area contributed by atoms with Crippen molar-refractivity contribution in [1.29, 1.82) is 0 Å². The van der Waals surface area contributed by atoms with Crippen molar-refractivity contribution in [3.05, 3.63) is 12.2 Å². The number of carbonyl (C=O) groups is 3. The third-order valence-corrected chi connectivity index (χ3v) is 10.9. The van der Waals surface area contributed by atoms with Crippen LogP contribution in [0.25, 0.3) is 0 Å². The molecular formula is C42H77O11P. The molecule has 1 saturated carbocycles. The maximum Gasteiger partial charge on any atom is 0.469 e. The third kappa shape index (κ3) is 27.9. The van der Waals surface area contributed by atoms with E-state index in [9.17, 15) is 29.2 Å². The first-order valence-corrected chi connectivity index (χ1v) is 23.1. The second kappa shape index (κ2) is 32.5. The molecule has 0 heterocycles. The van der Waals surface area contributed by atoms with E-state index < -0.39 is 44.7 Å². The Morgan fingerprint density at radius 3 is 1.74 bits per heavy atom. The summed E-state index contributed by atoms with van der Waals surface area (Å²) in [5.41, 5.74) is 0. The summed E-state index contributed by atoms with van der Waals surface area (Å²) < 4.78 is 26.4. The van der Waals surface area contributed by atoms with Crippen molar-refractivity contribution in [3.8, 4) is 0 Å². The number of ether oxygens (including phenoxy) is 2. The monoisotopic (exact) mass is 789 g/mol. The smallest absolute Gasteiger partial charge is 0.462 e. The highest BCUT2D eigenvalue weighted by atomic mass is 31.2. The lowest BCUT2D eigenvalue weighted by atomic mass is 9.88. The number of hydrogen-bond donors (Lipinski definition) is 4. The first kappa shape index (κ1) is 50.4. The molecule has 4 N–H and O–H groups in total. The summed E-state index contributed by atoms with van der Waals surface area (Å²) >= 11 is 0. The Hall–Kier alpha value is -1.62. The van der Waals surface area contributed by atoms with Crippen LogP contribution in [0, 0.1) is 11.8 Å². The maximum atomic E-state index is 12.5. The molecule has 0 radical (unpaired) electrons. The molecule has 316 valence electrons. The number of aliphatic hydroxyl groups excluding tert-OH is 2. The SMILES string of the molecule is CCCCCCCCCCCCCCCCCCC(=O)O[C@H](COC(=O)CCCCCC[C@H]1[C@@H](O)CC(=O)[C@@H]1/C=C/[C@@H](O)CCCCC)COP(=O)(O)O. The fraction of sp³-hybridized carbons (Fsp3) is 0.881. The van der Waals surface area contributed by atoms with Crippen LogP contribution >= 0.6 is 7.82 Å². The topological polar surface area (TPSA) is 177 Å². The summed E-state index contributed by atoms with van der Waals surface area (Å²) in [7, 11) is -4.81. The summed E-state index contributed by atoms with van der Waals surface area (Å²) in [5, 5.41) is 20.7. The van der Waals surface area contributed by atoms with Crippen molar-refractivity contribution in [2.75, 3.05) is 13.2 Å². The molecule has 54 heavy (non-hydrogen) atoms. The number of Topliss-reactive ketones (excluding diaryl/α,β-unsaturated/α-hetero) is 1. The second-order valence-electron chi connectivity index (χ2n) is 15.5. The van der Waals surface area contributed by atoms with Gasteiger partial charge in [0.05, 0.1) is 18.8 Å².